The first-order valence-electron chi connectivity index (χ1n) is 11.7. The van der Waals surface area contributed by atoms with Gasteiger partial charge >= 0.3 is 0 Å². The third-order valence-corrected chi connectivity index (χ3v) is 9.02. The fraction of sp³-hybridized carbons (Fsp3) is 0.259. The molecule has 3 rings (SSSR count). The first-order chi connectivity index (χ1) is 17.8. The predicted molar refractivity (Wildman–Crippen MR) is 152 cm³/mol. The van der Waals surface area contributed by atoms with Crippen molar-refractivity contribution in [2.24, 2.45) is 0 Å². The van der Waals surface area contributed by atoms with Gasteiger partial charge in [-0.15, -0.1) is 0 Å². The first-order valence-corrected chi connectivity index (χ1v) is 14.2. The number of amides is 2. The molecule has 202 valence electrons. The molecular formula is C27H28Cl3N3O4S. The molecule has 0 aliphatic heterocycles. The minimum absolute atomic E-state index is 0.00260. The van der Waals surface area contributed by atoms with Crippen LogP contribution in [0.3, 0.4) is 0 Å². The van der Waals surface area contributed by atoms with E-state index in [4.69, 9.17) is 34.8 Å². The van der Waals surface area contributed by atoms with Crippen LogP contribution in [0.4, 0.5) is 5.69 Å². The lowest BCUT2D eigenvalue weighted by atomic mass is 10.1. The molecule has 1 atom stereocenters. The minimum atomic E-state index is -4.18. The summed E-state index contributed by atoms with van der Waals surface area (Å²) in [7, 11) is -2.72. The molecule has 0 aromatic heterocycles. The van der Waals surface area contributed by atoms with Gasteiger partial charge in [0.05, 0.1) is 20.6 Å². The molecule has 0 heterocycles. The number of nitrogens with one attached hydrogen (secondary N) is 1. The molecule has 0 aliphatic rings. The number of rotatable bonds is 9. The van der Waals surface area contributed by atoms with Crippen LogP contribution < -0.4 is 9.62 Å². The smallest absolute Gasteiger partial charge is 0.264 e. The Labute approximate surface area is 238 Å². The largest absolute Gasteiger partial charge is 0.357 e. The lowest BCUT2D eigenvalue weighted by molar-refractivity contribution is -0.139. The molecule has 2 amide bonds. The van der Waals surface area contributed by atoms with E-state index >= 15 is 0 Å². The van der Waals surface area contributed by atoms with Crippen LogP contribution >= 0.6 is 34.8 Å². The first kappa shape index (κ1) is 29.8. The molecule has 0 bridgehead atoms. The number of hydrogen-bond acceptors (Lipinski definition) is 4. The van der Waals surface area contributed by atoms with E-state index in [-0.39, 0.29) is 17.1 Å². The van der Waals surface area contributed by atoms with E-state index in [1.54, 1.807) is 56.3 Å². The van der Waals surface area contributed by atoms with E-state index in [9.17, 15) is 18.0 Å². The van der Waals surface area contributed by atoms with Crippen molar-refractivity contribution in [1.29, 1.82) is 0 Å². The molecule has 38 heavy (non-hydrogen) atoms. The Balaban J connectivity index is 2.06. The lowest BCUT2D eigenvalue weighted by Gasteiger charge is -2.32. The van der Waals surface area contributed by atoms with Gasteiger partial charge in [0.15, 0.2) is 0 Å². The Morgan fingerprint density at radius 2 is 1.55 bits per heavy atom. The highest BCUT2D eigenvalue weighted by molar-refractivity contribution is 7.92. The molecule has 3 aromatic rings. The summed E-state index contributed by atoms with van der Waals surface area (Å²) >= 11 is 18.5. The van der Waals surface area contributed by atoms with Crippen molar-refractivity contribution in [1.82, 2.24) is 10.2 Å². The number of aryl methyl sites for hydroxylation is 2. The Kier molecular flexibility index (Phi) is 9.70. The molecule has 0 radical (unpaired) electrons. The Bertz CT molecular complexity index is 1450. The summed E-state index contributed by atoms with van der Waals surface area (Å²) in [6, 6.07) is 15.1. The van der Waals surface area contributed by atoms with Gasteiger partial charge in [-0.1, -0.05) is 64.6 Å². The van der Waals surface area contributed by atoms with Crippen molar-refractivity contribution >= 4 is 62.3 Å². The Hall–Kier alpha value is -2.78. The normalized spacial score (nSPS) is 12.1. The zero-order valence-electron chi connectivity index (χ0n) is 21.3. The number of halogens is 3. The number of anilines is 1. The third-order valence-electron chi connectivity index (χ3n) is 6.08. The van der Waals surface area contributed by atoms with Gasteiger partial charge in [0.2, 0.25) is 11.8 Å². The van der Waals surface area contributed by atoms with Gasteiger partial charge in [-0.25, -0.2) is 8.42 Å². The van der Waals surface area contributed by atoms with Gasteiger partial charge in [-0.2, -0.15) is 0 Å². The van der Waals surface area contributed by atoms with E-state index < -0.39 is 34.4 Å². The topological polar surface area (TPSA) is 86.8 Å². The average molecular weight is 597 g/mol. The van der Waals surface area contributed by atoms with Crippen molar-refractivity contribution in [3.8, 4) is 0 Å². The van der Waals surface area contributed by atoms with Gasteiger partial charge in [0.25, 0.3) is 10.0 Å². The van der Waals surface area contributed by atoms with Crippen LogP contribution in [0, 0.1) is 13.8 Å². The quantitative estimate of drug-likeness (QED) is 0.347. The van der Waals surface area contributed by atoms with Gasteiger partial charge < -0.3 is 10.2 Å². The Morgan fingerprint density at radius 1 is 0.895 bits per heavy atom. The zero-order chi connectivity index (χ0) is 28.2. The van der Waals surface area contributed by atoms with Crippen molar-refractivity contribution < 1.29 is 18.0 Å². The van der Waals surface area contributed by atoms with Crippen LogP contribution in [-0.4, -0.2) is 44.8 Å². The number of likely N-dealkylation sites (N-methyl/N-ethyl adjacent to an activating group) is 1. The van der Waals surface area contributed by atoms with E-state index in [0.29, 0.717) is 20.6 Å². The number of carbonyl (C=O) groups excluding carboxylic acids is 2. The zero-order valence-corrected chi connectivity index (χ0v) is 24.4. The maximum Gasteiger partial charge on any atom is 0.264 e. The van der Waals surface area contributed by atoms with Crippen molar-refractivity contribution in [3.05, 3.63) is 92.4 Å². The lowest BCUT2D eigenvalue weighted by Crippen LogP contribution is -2.50. The second-order valence-corrected chi connectivity index (χ2v) is 11.9. The average Bonchev–Trinajstić information content (AvgIpc) is 2.88. The fourth-order valence-corrected chi connectivity index (χ4v) is 5.63. The monoisotopic (exact) mass is 595 g/mol. The molecule has 11 heteroatoms. The molecule has 7 nitrogen and oxygen atoms in total. The maximum absolute atomic E-state index is 13.8. The molecule has 0 aliphatic carbocycles. The Morgan fingerprint density at radius 3 is 2.13 bits per heavy atom. The highest BCUT2D eigenvalue weighted by Crippen LogP contribution is 2.29. The van der Waals surface area contributed by atoms with Gasteiger partial charge in [0.1, 0.15) is 12.6 Å². The van der Waals surface area contributed by atoms with Crippen LogP contribution in [0.25, 0.3) is 0 Å². The molecule has 0 saturated heterocycles. The summed E-state index contributed by atoms with van der Waals surface area (Å²) < 4.78 is 28.6. The molecule has 0 fully saturated rings. The van der Waals surface area contributed by atoms with E-state index in [2.05, 4.69) is 5.32 Å². The standard InChI is InChI=1S/C27H28Cl3N3O4S/c1-17-5-10-22(11-6-17)38(36,37)33(21-9-7-18(2)24(29)14-21)16-26(34)32(19(3)27(35)31-4)15-20-8-12-23(28)25(30)13-20/h5-14,19H,15-16H2,1-4H3,(H,31,35)/t19-/m1/s1. The third kappa shape index (κ3) is 6.80. The highest BCUT2D eigenvalue weighted by Gasteiger charge is 2.32. The fourth-order valence-electron chi connectivity index (χ4n) is 3.73. The van der Waals surface area contributed by atoms with E-state index in [1.165, 1.54) is 30.1 Å². The summed E-state index contributed by atoms with van der Waals surface area (Å²) in [6.07, 6.45) is 0. The van der Waals surface area contributed by atoms with Crippen LogP contribution in [0.5, 0.6) is 0 Å². The molecular weight excluding hydrogens is 569 g/mol. The number of hydrogen-bond donors (Lipinski definition) is 1. The summed E-state index contributed by atoms with van der Waals surface area (Å²) in [5.74, 6) is -1.01. The summed E-state index contributed by atoms with van der Waals surface area (Å²) in [6.45, 7) is 4.63. The van der Waals surface area contributed by atoms with E-state index in [1.807, 2.05) is 6.92 Å². The van der Waals surface area contributed by atoms with Crippen LogP contribution in [-0.2, 0) is 26.2 Å². The SMILES string of the molecule is CNC(=O)[C@@H](C)N(Cc1ccc(Cl)c(Cl)c1)C(=O)CN(c1ccc(C)c(Cl)c1)S(=O)(=O)c1ccc(C)cc1. The second-order valence-electron chi connectivity index (χ2n) is 8.82. The van der Waals surface area contributed by atoms with Crippen LogP contribution in [0.1, 0.15) is 23.6 Å². The van der Waals surface area contributed by atoms with Crippen molar-refractivity contribution in [2.45, 2.75) is 38.3 Å². The minimum Gasteiger partial charge on any atom is -0.357 e. The number of carbonyl (C=O) groups is 2. The predicted octanol–water partition coefficient (Wildman–Crippen LogP) is 5.62. The van der Waals surface area contributed by atoms with Crippen LogP contribution in [0.15, 0.2) is 65.6 Å². The molecule has 3 aromatic carbocycles. The van der Waals surface area contributed by atoms with Gasteiger partial charge in [0, 0.05) is 18.6 Å². The van der Waals surface area contributed by atoms with E-state index in [0.717, 1.165) is 15.4 Å². The summed E-state index contributed by atoms with van der Waals surface area (Å²) in [4.78, 5) is 27.6. The number of sulfonamides is 1. The van der Waals surface area contributed by atoms with Crippen molar-refractivity contribution in [3.63, 3.8) is 0 Å². The molecule has 0 spiro atoms. The number of benzene rings is 3. The molecule has 1 N–H and O–H groups in total. The van der Waals surface area contributed by atoms with Crippen LogP contribution in [0.2, 0.25) is 15.1 Å². The van der Waals surface area contributed by atoms with Gasteiger partial charge in [-0.05, 0) is 68.3 Å². The number of nitrogens with zero attached hydrogens (tertiary/aromatic N) is 2. The molecule has 0 unspecified atom stereocenters. The summed E-state index contributed by atoms with van der Waals surface area (Å²) in [5, 5.41) is 3.53. The molecule has 0 saturated carbocycles. The van der Waals surface area contributed by atoms with Crippen molar-refractivity contribution in [2.75, 3.05) is 17.9 Å². The summed E-state index contributed by atoms with van der Waals surface area (Å²) in [5.41, 5.74) is 2.48. The highest BCUT2D eigenvalue weighted by atomic mass is 35.5. The maximum atomic E-state index is 13.8. The van der Waals surface area contributed by atoms with Gasteiger partial charge in [-0.3, -0.25) is 13.9 Å². The second kappa shape index (κ2) is 12.4.